The summed E-state index contributed by atoms with van der Waals surface area (Å²) in [5.74, 6) is -0.0243. The van der Waals surface area contributed by atoms with Gasteiger partial charge >= 0.3 is 5.97 Å². The van der Waals surface area contributed by atoms with Gasteiger partial charge in [0.1, 0.15) is 17.3 Å². The van der Waals surface area contributed by atoms with E-state index in [0.717, 1.165) is 5.56 Å². The van der Waals surface area contributed by atoms with Crippen LogP contribution in [0.3, 0.4) is 0 Å². The van der Waals surface area contributed by atoms with Crippen molar-refractivity contribution in [3.63, 3.8) is 0 Å². The molecule has 28 heavy (non-hydrogen) atoms. The number of nitrogens with two attached hydrogens (primary N) is 1. The molecule has 3 aromatic rings. The summed E-state index contributed by atoms with van der Waals surface area (Å²) in [6.45, 7) is 1.26. The molecular formula is C21H17NO6. The molecule has 0 atom stereocenters. The van der Waals surface area contributed by atoms with Gasteiger partial charge in [-0.05, 0) is 43.3 Å². The molecule has 0 bridgehead atoms. The quantitative estimate of drug-likeness (QED) is 0.383. The third-order valence-electron chi connectivity index (χ3n) is 3.80. The number of primary amides is 1. The first-order chi connectivity index (χ1) is 13.4. The molecule has 0 fully saturated rings. The van der Waals surface area contributed by atoms with Crippen molar-refractivity contribution in [3.8, 4) is 22.8 Å². The Kier molecular flexibility index (Phi) is 5.55. The van der Waals surface area contributed by atoms with Crippen LogP contribution in [0, 0.1) is 0 Å². The molecule has 1 amide bonds. The van der Waals surface area contributed by atoms with Crippen LogP contribution >= 0.6 is 0 Å². The van der Waals surface area contributed by atoms with Gasteiger partial charge in [-0.25, -0.2) is 4.79 Å². The topological polar surface area (TPSA) is 109 Å². The average Bonchev–Trinajstić information content (AvgIpc) is 3.18. The van der Waals surface area contributed by atoms with Crippen LogP contribution in [0.4, 0.5) is 0 Å². The largest absolute Gasteiger partial charge is 0.484 e. The lowest BCUT2D eigenvalue weighted by molar-refractivity contribution is -0.119. The number of hydrogen-bond acceptors (Lipinski definition) is 6. The third kappa shape index (κ3) is 4.64. The first-order valence-corrected chi connectivity index (χ1v) is 8.37. The first kappa shape index (κ1) is 18.9. The molecule has 2 aromatic carbocycles. The lowest BCUT2D eigenvalue weighted by Crippen LogP contribution is -2.19. The summed E-state index contributed by atoms with van der Waals surface area (Å²) >= 11 is 0. The van der Waals surface area contributed by atoms with Crippen molar-refractivity contribution in [3.05, 3.63) is 72.0 Å². The maximum Gasteiger partial charge on any atom is 0.379 e. The number of carbonyl (C=O) groups is 3. The number of benzene rings is 2. The fourth-order valence-corrected chi connectivity index (χ4v) is 2.39. The summed E-state index contributed by atoms with van der Waals surface area (Å²) in [6, 6.07) is 16.2. The van der Waals surface area contributed by atoms with E-state index in [1.165, 1.54) is 25.1 Å². The highest BCUT2D eigenvalue weighted by Crippen LogP contribution is 2.24. The van der Waals surface area contributed by atoms with Crippen LogP contribution in [-0.4, -0.2) is 24.3 Å². The Labute approximate surface area is 160 Å². The van der Waals surface area contributed by atoms with E-state index in [-0.39, 0.29) is 18.2 Å². The first-order valence-electron chi connectivity index (χ1n) is 8.37. The van der Waals surface area contributed by atoms with E-state index in [4.69, 9.17) is 19.6 Å². The number of carbonyl (C=O) groups excluding carboxylic acids is 3. The van der Waals surface area contributed by atoms with E-state index in [1.54, 1.807) is 42.5 Å². The fourth-order valence-electron chi connectivity index (χ4n) is 2.39. The molecule has 0 saturated carbocycles. The van der Waals surface area contributed by atoms with Gasteiger partial charge in [-0.2, -0.15) is 0 Å². The van der Waals surface area contributed by atoms with Crippen LogP contribution in [0.1, 0.15) is 27.8 Å². The number of rotatable bonds is 7. The molecule has 1 aromatic heterocycles. The van der Waals surface area contributed by atoms with Gasteiger partial charge in [0.15, 0.2) is 12.4 Å². The summed E-state index contributed by atoms with van der Waals surface area (Å²) < 4.78 is 15.9. The van der Waals surface area contributed by atoms with Crippen molar-refractivity contribution < 1.29 is 28.3 Å². The minimum atomic E-state index is -0.655. The van der Waals surface area contributed by atoms with Crippen molar-refractivity contribution in [1.29, 1.82) is 0 Å². The van der Waals surface area contributed by atoms with Crippen molar-refractivity contribution in [2.24, 2.45) is 5.73 Å². The van der Waals surface area contributed by atoms with Crippen LogP contribution in [0.2, 0.25) is 0 Å². The highest BCUT2D eigenvalue weighted by Gasteiger charge is 2.15. The molecule has 7 nitrogen and oxygen atoms in total. The minimum Gasteiger partial charge on any atom is -0.484 e. The zero-order valence-corrected chi connectivity index (χ0v) is 15.0. The monoisotopic (exact) mass is 379 g/mol. The zero-order valence-electron chi connectivity index (χ0n) is 15.0. The second-order valence-corrected chi connectivity index (χ2v) is 5.91. The maximum atomic E-state index is 12.2. The zero-order chi connectivity index (χ0) is 20.1. The summed E-state index contributed by atoms with van der Waals surface area (Å²) in [7, 11) is 0. The lowest BCUT2D eigenvalue weighted by atomic mass is 10.1. The number of ether oxygens (including phenoxy) is 2. The summed E-state index contributed by atoms with van der Waals surface area (Å²) in [5.41, 5.74) is 6.34. The van der Waals surface area contributed by atoms with Gasteiger partial charge in [0.05, 0.1) is 0 Å². The second kappa shape index (κ2) is 8.22. The van der Waals surface area contributed by atoms with Gasteiger partial charge in [0.2, 0.25) is 5.76 Å². The van der Waals surface area contributed by atoms with Gasteiger partial charge in [-0.1, -0.05) is 24.3 Å². The van der Waals surface area contributed by atoms with Crippen LogP contribution in [0.5, 0.6) is 11.5 Å². The van der Waals surface area contributed by atoms with E-state index < -0.39 is 11.9 Å². The summed E-state index contributed by atoms with van der Waals surface area (Å²) in [6.07, 6.45) is 0. The SMILES string of the molecule is CC(=O)c1ccc(-c2ccc(C(=O)Oc3ccc(OCC(N)=O)cc3)o2)cc1. The van der Waals surface area contributed by atoms with E-state index >= 15 is 0 Å². The number of ketones is 1. The van der Waals surface area contributed by atoms with Crippen molar-refractivity contribution in [2.45, 2.75) is 6.92 Å². The molecule has 7 heteroatoms. The normalized spacial score (nSPS) is 10.3. The number of hydrogen-bond donors (Lipinski definition) is 1. The van der Waals surface area contributed by atoms with Gasteiger partial charge in [-0.15, -0.1) is 0 Å². The highest BCUT2D eigenvalue weighted by atomic mass is 16.5. The molecule has 0 radical (unpaired) electrons. The number of esters is 1. The molecule has 0 aliphatic rings. The van der Waals surface area contributed by atoms with Crippen molar-refractivity contribution >= 4 is 17.7 Å². The van der Waals surface area contributed by atoms with Crippen LogP contribution < -0.4 is 15.2 Å². The molecule has 0 aliphatic carbocycles. The van der Waals surface area contributed by atoms with Gasteiger partial charge in [0, 0.05) is 11.1 Å². The predicted molar refractivity (Wildman–Crippen MR) is 100 cm³/mol. The lowest BCUT2D eigenvalue weighted by Gasteiger charge is -2.05. The standard InChI is InChI=1S/C21H17NO6/c1-13(23)14-2-4-15(5-3-14)18-10-11-19(28-18)21(25)27-17-8-6-16(7-9-17)26-12-20(22)24/h2-11H,12H2,1H3,(H2,22,24). The fraction of sp³-hybridized carbons (Fsp3) is 0.0952. The molecule has 2 N–H and O–H groups in total. The maximum absolute atomic E-state index is 12.2. The molecule has 0 spiro atoms. The summed E-state index contributed by atoms with van der Waals surface area (Å²) in [5, 5.41) is 0. The number of Topliss-reactive ketones (excluding diaryl/α,β-unsaturated/α-hetero) is 1. The Morgan fingerprint density at radius 1 is 0.893 bits per heavy atom. The van der Waals surface area contributed by atoms with Gasteiger partial charge < -0.3 is 19.6 Å². The van der Waals surface area contributed by atoms with Crippen LogP contribution in [0.25, 0.3) is 11.3 Å². The average molecular weight is 379 g/mol. The number of furan rings is 1. The molecule has 0 unspecified atom stereocenters. The van der Waals surface area contributed by atoms with E-state index in [2.05, 4.69) is 0 Å². The third-order valence-corrected chi connectivity index (χ3v) is 3.80. The Morgan fingerprint density at radius 2 is 1.54 bits per heavy atom. The van der Waals surface area contributed by atoms with E-state index in [1.807, 2.05) is 0 Å². The smallest absolute Gasteiger partial charge is 0.379 e. The van der Waals surface area contributed by atoms with Crippen molar-refractivity contribution in [1.82, 2.24) is 0 Å². The Bertz CT molecular complexity index is 1000. The van der Waals surface area contributed by atoms with Gasteiger partial charge in [0.25, 0.3) is 5.91 Å². The minimum absolute atomic E-state index is 0.0266. The molecule has 3 rings (SSSR count). The molecule has 142 valence electrons. The number of amides is 1. The molecule has 0 aliphatic heterocycles. The molecule has 0 saturated heterocycles. The van der Waals surface area contributed by atoms with Gasteiger partial charge in [-0.3, -0.25) is 9.59 Å². The second-order valence-electron chi connectivity index (χ2n) is 5.91. The predicted octanol–water partition coefficient (Wildman–Crippen LogP) is 3.23. The molecule has 1 heterocycles. The Balaban J connectivity index is 1.65. The highest BCUT2D eigenvalue weighted by molar-refractivity contribution is 5.94. The van der Waals surface area contributed by atoms with Crippen molar-refractivity contribution in [2.75, 3.05) is 6.61 Å². The van der Waals surface area contributed by atoms with E-state index in [9.17, 15) is 14.4 Å². The van der Waals surface area contributed by atoms with Crippen LogP contribution in [0.15, 0.2) is 65.1 Å². The van der Waals surface area contributed by atoms with E-state index in [0.29, 0.717) is 22.8 Å². The Hall–Kier alpha value is -3.87. The summed E-state index contributed by atoms with van der Waals surface area (Å²) in [4.78, 5) is 34.3. The molecular weight excluding hydrogens is 362 g/mol. The van der Waals surface area contributed by atoms with Crippen LogP contribution in [-0.2, 0) is 4.79 Å². The Morgan fingerprint density at radius 3 is 2.14 bits per heavy atom.